The van der Waals surface area contributed by atoms with Gasteiger partial charge >= 0.3 is 12.4 Å². The largest absolute Gasteiger partial charge is 0.417 e. The summed E-state index contributed by atoms with van der Waals surface area (Å²) in [7, 11) is 0. The van der Waals surface area contributed by atoms with Crippen molar-refractivity contribution in [1.82, 2.24) is 0 Å². The molecule has 10 aromatic carbocycles. The third kappa shape index (κ3) is 7.37. The van der Waals surface area contributed by atoms with Crippen LogP contribution in [0.2, 0.25) is 0 Å². The second kappa shape index (κ2) is 18.2. The summed E-state index contributed by atoms with van der Waals surface area (Å²) in [6, 6.07) is 68.3. The van der Waals surface area contributed by atoms with Gasteiger partial charge in [-0.3, -0.25) is 0 Å². The molecule has 2 aromatic heterocycles. The predicted octanol–water partition coefficient (Wildman–Crippen LogP) is 21.5. The molecule has 0 amide bonds. The summed E-state index contributed by atoms with van der Waals surface area (Å²) in [6.45, 7) is 8.81. The molecule has 0 fully saturated rings. The van der Waals surface area contributed by atoms with Gasteiger partial charge in [-0.25, -0.2) is 0 Å². The molecular weight excluding hydrogens is 1050 g/mol. The highest BCUT2D eigenvalue weighted by molar-refractivity contribution is 7.27. The second-order valence-electron chi connectivity index (χ2n) is 21.5. The van der Waals surface area contributed by atoms with E-state index in [1.165, 1.54) is 57.1 Å². The molecule has 12 aromatic rings. The Hall–Kier alpha value is -8.18. The van der Waals surface area contributed by atoms with Crippen molar-refractivity contribution in [2.24, 2.45) is 0 Å². The zero-order valence-corrected chi connectivity index (χ0v) is 45.7. The van der Waals surface area contributed by atoms with Gasteiger partial charge in [0.1, 0.15) is 0 Å². The first kappa shape index (κ1) is 50.1. The van der Waals surface area contributed by atoms with Crippen molar-refractivity contribution in [2.45, 2.75) is 63.7 Å². The quantitative estimate of drug-likeness (QED) is 0.140. The molecule has 0 saturated heterocycles. The molecule has 14 rings (SSSR count). The highest BCUT2D eigenvalue weighted by atomic mass is 32.1. The lowest BCUT2D eigenvalue weighted by Crippen LogP contribution is -2.40. The molecule has 2 heterocycles. The van der Waals surface area contributed by atoms with Gasteiger partial charge in [0, 0.05) is 59.1 Å². The monoisotopic (exact) mass is 1100 g/mol. The normalized spacial score (nSPS) is 14.2. The minimum Gasteiger partial charge on any atom is -0.309 e. The smallest absolute Gasteiger partial charge is 0.309 e. The van der Waals surface area contributed by atoms with Gasteiger partial charge in [0.05, 0.1) is 37.3 Å². The number of benzene rings is 10. The number of alkyl halides is 6. The van der Waals surface area contributed by atoms with Crippen LogP contribution >= 0.6 is 22.7 Å². The molecule has 2 aliphatic carbocycles. The molecule has 80 heavy (non-hydrogen) atoms. The molecule has 0 N–H and O–H groups in total. The summed E-state index contributed by atoms with van der Waals surface area (Å²) in [5.74, 6) is 0. The van der Waals surface area contributed by atoms with Gasteiger partial charge < -0.3 is 9.80 Å². The lowest BCUT2D eigenvalue weighted by Gasteiger charge is -2.46. The van der Waals surface area contributed by atoms with E-state index in [1.54, 1.807) is 12.1 Å². The molecule has 0 aliphatic heterocycles. The average Bonchev–Trinajstić information content (AvgIpc) is 3.97. The summed E-state index contributed by atoms with van der Waals surface area (Å²) in [5, 5.41) is 2.59. The number of halogens is 6. The van der Waals surface area contributed by atoms with Gasteiger partial charge in [-0.15, -0.1) is 22.7 Å². The van der Waals surface area contributed by atoms with Crippen molar-refractivity contribution in [3.05, 3.63) is 262 Å². The zero-order valence-electron chi connectivity index (χ0n) is 44.0. The first-order valence-corrected chi connectivity index (χ1v) is 28.5. The molecule has 0 saturated carbocycles. The van der Waals surface area contributed by atoms with E-state index in [-0.39, 0.29) is 14.8 Å². The number of fused-ring (bicyclic) bond motifs is 15. The molecule has 0 unspecified atom stereocenters. The fraction of sp³-hybridized carbons (Fsp3) is 0.143. The molecule has 0 atom stereocenters. The van der Waals surface area contributed by atoms with Crippen LogP contribution in [-0.2, 0) is 36.0 Å². The summed E-state index contributed by atoms with van der Waals surface area (Å²) in [6.07, 6.45) is -7.42. The maximum absolute atomic E-state index is 14.8. The summed E-state index contributed by atoms with van der Waals surface area (Å²) < 4.78 is 90.4. The highest BCUT2D eigenvalue weighted by Gasteiger charge is 2.53. The summed E-state index contributed by atoms with van der Waals surface area (Å²) >= 11 is 2.34. The third-order valence-electron chi connectivity index (χ3n) is 16.9. The van der Waals surface area contributed by atoms with Crippen molar-refractivity contribution in [3.8, 4) is 11.1 Å². The van der Waals surface area contributed by atoms with E-state index >= 15 is 0 Å². The molecule has 0 bridgehead atoms. The van der Waals surface area contributed by atoms with Crippen molar-refractivity contribution in [3.63, 3.8) is 0 Å². The molecule has 1 spiro atoms. The number of hydrogen-bond acceptors (Lipinski definition) is 4. The Morgan fingerprint density at radius 2 is 0.713 bits per heavy atom. The molecule has 394 valence electrons. The van der Waals surface area contributed by atoms with Gasteiger partial charge in [-0.1, -0.05) is 161 Å². The molecule has 10 heteroatoms. The minimum atomic E-state index is -4.54. The standard InChI is InChI=1S/C70H50F6N2S2/c1-5-41-27-31-43(32-28-41)77(61-25-13-17-49-47-15-11-23-59(69(71,72)73)63(47)79-65(49)61)45-35-37-53-51(39-45)52-40-46(36-38-54(52)68(53)57-21-9-7-19-55(57)67(3,4)56-20-8-10-22-58(56)68)78(44-33-29-42(6-2)30-34-44)62-26-14-18-50-48-16-12-24-60(70(74,75)76)64(48)80-66(50)62/h7-40H,5-6H2,1-4H3. The minimum absolute atomic E-state index is 0.194. The fourth-order valence-electron chi connectivity index (χ4n) is 13.2. The van der Waals surface area contributed by atoms with Crippen LogP contribution in [-0.4, -0.2) is 0 Å². The number of rotatable bonds is 8. The lowest BCUT2D eigenvalue weighted by molar-refractivity contribution is -0.137. The van der Waals surface area contributed by atoms with Crippen LogP contribution in [0.25, 0.3) is 51.5 Å². The van der Waals surface area contributed by atoms with E-state index in [2.05, 4.69) is 171 Å². The van der Waals surface area contributed by atoms with Gasteiger partial charge in [-0.2, -0.15) is 26.3 Å². The maximum atomic E-state index is 14.8. The van der Waals surface area contributed by atoms with Crippen LogP contribution in [0.5, 0.6) is 0 Å². The number of aryl methyl sites for hydroxylation is 2. The van der Waals surface area contributed by atoms with Crippen LogP contribution in [0.3, 0.4) is 0 Å². The van der Waals surface area contributed by atoms with Crippen LogP contribution in [0.1, 0.15) is 83.3 Å². The van der Waals surface area contributed by atoms with E-state index in [4.69, 9.17) is 0 Å². The second-order valence-corrected chi connectivity index (χ2v) is 23.5. The van der Waals surface area contributed by atoms with Gasteiger partial charge in [0.2, 0.25) is 0 Å². The van der Waals surface area contributed by atoms with Crippen LogP contribution in [0, 0.1) is 0 Å². The summed E-state index contributed by atoms with van der Waals surface area (Å²) in [4.78, 5) is 4.37. The fourth-order valence-corrected chi connectivity index (χ4v) is 15.9. The van der Waals surface area contributed by atoms with E-state index in [9.17, 15) is 26.3 Å². The van der Waals surface area contributed by atoms with Crippen LogP contribution in [0.15, 0.2) is 206 Å². The Balaban J connectivity index is 1.06. The van der Waals surface area contributed by atoms with Crippen molar-refractivity contribution in [1.29, 1.82) is 0 Å². The van der Waals surface area contributed by atoms with Gasteiger partial charge in [0.15, 0.2) is 0 Å². The molecule has 0 radical (unpaired) electrons. The Bertz CT molecular complexity index is 4180. The SMILES string of the molecule is CCc1ccc(N(c2ccc3c(c2)-c2cc(N(c4ccc(CC)cc4)c4cccc5c4sc4c(C(F)(F)F)cccc45)ccc2C32c3ccccc3C(C)(C)c3ccccc32)c2cccc3c2sc2c(C(F)(F)F)cccc23)cc1. The molecule has 2 aliphatic rings. The van der Waals surface area contributed by atoms with Gasteiger partial charge in [-0.05, 0) is 141 Å². The Morgan fingerprint density at radius 1 is 0.362 bits per heavy atom. The third-order valence-corrected chi connectivity index (χ3v) is 19.5. The predicted molar refractivity (Wildman–Crippen MR) is 320 cm³/mol. The van der Waals surface area contributed by atoms with Crippen LogP contribution in [0.4, 0.5) is 60.5 Å². The van der Waals surface area contributed by atoms with Crippen molar-refractivity contribution >= 4 is 97.1 Å². The van der Waals surface area contributed by atoms with Gasteiger partial charge in [0.25, 0.3) is 0 Å². The Kier molecular flexibility index (Phi) is 11.4. The van der Waals surface area contributed by atoms with E-state index in [0.717, 1.165) is 113 Å². The van der Waals surface area contributed by atoms with E-state index in [0.29, 0.717) is 10.8 Å². The number of hydrogen-bond donors (Lipinski definition) is 0. The Labute approximate surface area is 467 Å². The van der Waals surface area contributed by atoms with E-state index in [1.807, 2.05) is 36.4 Å². The number of nitrogens with zero attached hydrogens (tertiary/aromatic N) is 2. The zero-order chi connectivity index (χ0) is 55.0. The maximum Gasteiger partial charge on any atom is 0.417 e. The number of anilines is 6. The van der Waals surface area contributed by atoms with E-state index < -0.39 is 28.9 Å². The van der Waals surface area contributed by atoms with Crippen molar-refractivity contribution < 1.29 is 26.3 Å². The molecular formula is C70H50F6N2S2. The lowest BCUT2D eigenvalue weighted by atomic mass is 9.55. The highest BCUT2D eigenvalue weighted by Crippen LogP contribution is 2.64. The summed E-state index contributed by atoms with van der Waals surface area (Å²) in [5.41, 5.74) is 13.6. The van der Waals surface area contributed by atoms with Crippen LogP contribution < -0.4 is 9.80 Å². The first-order valence-electron chi connectivity index (χ1n) is 26.9. The average molecular weight is 1100 g/mol. The number of thiophene rings is 2. The Morgan fingerprint density at radius 3 is 1.09 bits per heavy atom. The first-order chi connectivity index (χ1) is 38.6. The molecule has 2 nitrogen and oxygen atoms in total. The van der Waals surface area contributed by atoms with Crippen molar-refractivity contribution in [2.75, 3.05) is 9.80 Å². The topological polar surface area (TPSA) is 6.48 Å².